The van der Waals surface area contributed by atoms with Crippen LogP contribution in [0.25, 0.3) is 0 Å². The Balaban J connectivity index is 2.48. The number of hydrogen-bond donors (Lipinski definition) is 3. The maximum absolute atomic E-state index is 11.6. The molecule has 2 aromatic rings. The highest BCUT2D eigenvalue weighted by atomic mass is 32.2. The largest absolute Gasteiger partial charge is 0.755 e. The van der Waals surface area contributed by atoms with Gasteiger partial charge in [0.1, 0.15) is 5.75 Å². The van der Waals surface area contributed by atoms with Gasteiger partial charge in [0.2, 0.25) is 5.12 Å². The topological polar surface area (TPSA) is 90.5 Å². The summed E-state index contributed by atoms with van der Waals surface area (Å²) in [5, 5.41) is 2.72. The molecule has 1 atom stereocenters. The molecule has 0 amide bonds. The summed E-state index contributed by atoms with van der Waals surface area (Å²) in [5.74, 6) is 0.843. The van der Waals surface area contributed by atoms with E-state index < -0.39 is 16.4 Å². The number of carbonyl (C=O) groups excluding carboxylic acids is 1. The third-order valence-corrected chi connectivity index (χ3v) is 3.98. The van der Waals surface area contributed by atoms with Gasteiger partial charge in [-0.15, -0.1) is 12.6 Å². The number of anilines is 2. The Morgan fingerprint density at radius 1 is 1.24 bits per heavy atom. The van der Waals surface area contributed by atoms with Gasteiger partial charge in [-0.05, 0) is 30.7 Å². The van der Waals surface area contributed by atoms with Crippen LogP contribution in [0.3, 0.4) is 0 Å². The zero-order chi connectivity index (χ0) is 18.2. The van der Waals surface area contributed by atoms with E-state index in [2.05, 4.69) is 29.6 Å². The summed E-state index contributed by atoms with van der Waals surface area (Å²) < 4.78 is 30.4. The SMILES string of the molecule is CCCCNc1cc(C(=O)S)cc(NS(=O)[O-])c1Oc1ccccc1. The molecule has 0 saturated heterocycles. The summed E-state index contributed by atoms with van der Waals surface area (Å²) in [4.78, 5) is 11.6. The third kappa shape index (κ3) is 5.77. The van der Waals surface area contributed by atoms with Crippen molar-refractivity contribution in [3.05, 3.63) is 48.0 Å². The first-order chi connectivity index (χ1) is 12.0. The number of unbranched alkanes of at least 4 members (excludes halogenated alkanes) is 1. The van der Waals surface area contributed by atoms with Gasteiger partial charge in [0.25, 0.3) is 0 Å². The number of ether oxygens (including phenoxy) is 1. The Morgan fingerprint density at radius 3 is 2.52 bits per heavy atom. The van der Waals surface area contributed by atoms with E-state index in [0.29, 0.717) is 23.7 Å². The molecule has 0 aromatic heterocycles. The Kier molecular flexibility index (Phi) is 7.30. The molecule has 8 heteroatoms. The second-order valence-corrected chi connectivity index (χ2v) is 6.32. The van der Waals surface area contributed by atoms with E-state index in [4.69, 9.17) is 4.74 Å². The highest BCUT2D eigenvalue weighted by Gasteiger charge is 2.16. The summed E-state index contributed by atoms with van der Waals surface area (Å²) in [6, 6.07) is 12.0. The molecule has 0 spiro atoms. The minimum absolute atomic E-state index is 0.163. The van der Waals surface area contributed by atoms with Gasteiger partial charge >= 0.3 is 0 Å². The minimum Gasteiger partial charge on any atom is -0.755 e. The Morgan fingerprint density at radius 2 is 1.92 bits per heavy atom. The van der Waals surface area contributed by atoms with Crippen LogP contribution < -0.4 is 14.8 Å². The smallest absolute Gasteiger partial charge is 0.216 e. The fraction of sp³-hybridized carbons (Fsp3) is 0.235. The fourth-order valence-corrected chi connectivity index (χ4v) is 2.63. The maximum atomic E-state index is 11.6. The van der Waals surface area contributed by atoms with E-state index in [-0.39, 0.29) is 11.3 Å². The van der Waals surface area contributed by atoms with Crippen molar-refractivity contribution in [1.29, 1.82) is 0 Å². The number of benzene rings is 2. The van der Waals surface area contributed by atoms with Crippen molar-refractivity contribution < 1.29 is 18.3 Å². The van der Waals surface area contributed by atoms with Crippen molar-refractivity contribution in [2.24, 2.45) is 0 Å². The van der Waals surface area contributed by atoms with Crippen LogP contribution in [0.1, 0.15) is 30.1 Å². The summed E-state index contributed by atoms with van der Waals surface area (Å²) in [6.45, 7) is 2.72. The number of thiol groups is 1. The first-order valence-electron chi connectivity index (χ1n) is 7.75. The van der Waals surface area contributed by atoms with E-state index >= 15 is 0 Å². The van der Waals surface area contributed by atoms with E-state index in [0.717, 1.165) is 12.8 Å². The maximum Gasteiger partial charge on any atom is 0.216 e. The number of carbonyl (C=O) groups is 1. The zero-order valence-corrected chi connectivity index (χ0v) is 15.4. The summed E-state index contributed by atoms with van der Waals surface area (Å²) in [7, 11) is 0. The lowest BCUT2D eigenvalue weighted by atomic mass is 10.1. The zero-order valence-electron chi connectivity index (χ0n) is 13.7. The van der Waals surface area contributed by atoms with Gasteiger partial charge in [0.15, 0.2) is 5.75 Å². The average molecular weight is 379 g/mol. The van der Waals surface area contributed by atoms with Gasteiger partial charge in [0, 0.05) is 23.4 Å². The molecular weight excluding hydrogens is 360 g/mol. The second-order valence-electron chi connectivity index (χ2n) is 5.24. The molecule has 2 N–H and O–H groups in total. The molecule has 2 aromatic carbocycles. The van der Waals surface area contributed by atoms with E-state index in [1.807, 2.05) is 18.2 Å². The third-order valence-electron chi connectivity index (χ3n) is 3.34. The van der Waals surface area contributed by atoms with Crippen molar-refractivity contribution in [3.8, 4) is 11.5 Å². The quantitative estimate of drug-likeness (QED) is 0.348. The van der Waals surface area contributed by atoms with Crippen molar-refractivity contribution in [3.63, 3.8) is 0 Å². The number of rotatable bonds is 9. The molecule has 2 rings (SSSR count). The predicted octanol–water partition coefficient (Wildman–Crippen LogP) is 3.97. The molecule has 1 unspecified atom stereocenters. The van der Waals surface area contributed by atoms with Gasteiger partial charge in [0.05, 0.1) is 11.4 Å². The van der Waals surface area contributed by atoms with Gasteiger partial charge in [-0.1, -0.05) is 31.5 Å². The van der Waals surface area contributed by atoms with Crippen molar-refractivity contribution >= 4 is 40.4 Å². The van der Waals surface area contributed by atoms with Crippen LogP contribution in [0, 0.1) is 0 Å². The second kappa shape index (κ2) is 9.45. The van der Waals surface area contributed by atoms with Gasteiger partial charge in [-0.3, -0.25) is 9.00 Å². The first kappa shape index (κ1) is 19.3. The highest BCUT2D eigenvalue weighted by Crippen LogP contribution is 2.39. The van der Waals surface area contributed by atoms with Crippen molar-refractivity contribution in [1.82, 2.24) is 0 Å². The number of hydrogen-bond acceptors (Lipinski definition) is 5. The molecule has 0 heterocycles. The van der Waals surface area contributed by atoms with E-state index in [1.54, 1.807) is 18.2 Å². The fourth-order valence-electron chi connectivity index (χ4n) is 2.17. The summed E-state index contributed by atoms with van der Waals surface area (Å²) in [5.41, 5.74) is 0.942. The van der Waals surface area contributed by atoms with Crippen LogP contribution in [-0.2, 0) is 11.3 Å². The lowest BCUT2D eigenvalue weighted by molar-refractivity contribution is 0.109. The molecule has 0 aliphatic rings. The number of para-hydroxylation sites is 1. The van der Waals surface area contributed by atoms with Crippen LogP contribution in [0.5, 0.6) is 11.5 Å². The lowest BCUT2D eigenvalue weighted by Crippen LogP contribution is -2.09. The van der Waals surface area contributed by atoms with Crippen LogP contribution in [0.15, 0.2) is 42.5 Å². The van der Waals surface area contributed by atoms with Crippen molar-refractivity contribution in [2.45, 2.75) is 19.8 Å². The molecule has 0 radical (unpaired) electrons. The van der Waals surface area contributed by atoms with E-state index in [9.17, 15) is 13.6 Å². The normalized spacial score (nSPS) is 11.6. The molecule has 0 aliphatic heterocycles. The van der Waals surface area contributed by atoms with Crippen LogP contribution in [0.4, 0.5) is 11.4 Å². The first-order valence-corrected chi connectivity index (χ1v) is 9.27. The molecule has 0 fully saturated rings. The molecule has 0 bridgehead atoms. The predicted molar refractivity (Wildman–Crippen MR) is 102 cm³/mol. The average Bonchev–Trinajstić information content (AvgIpc) is 2.57. The van der Waals surface area contributed by atoms with Crippen LogP contribution in [-0.4, -0.2) is 20.4 Å². The minimum atomic E-state index is -2.57. The summed E-state index contributed by atoms with van der Waals surface area (Å²) in [6.07, 6.45) is 1.91. The van der Waals surface area contributed by atoms with Gasteiger partial charge in [-0.2, -0.15) is 0 Å². The highest BCUT2D eigenvalue weighted by molar-refractivity contribution is 7.97. The molecule has 0 saturated carbocycles. The molecule has 0 aliphatic carbocycles. The molecular formula is C17H19N2O4S2-. The monoisotopic (exact) mass is 379 g/mol. The Labute approximate surface area is 154 Å². The Bertz CT molecular complexity index is 754. The molecule has 134 valence electrons. The van der Waals surface area contributed by atoms with Gasteiger partial charge < -0.3 is 19.3 Å². The lowest BCUT2D eigenvalue weighted by Gasteiger charge is -2.19. The van der Waals surface area contributed by atoms with Crippen molar-refractivity contribution in [2.75, 3.05) is 16.6 Å². The van der Waals surface area contributed by atoms with E-state index in [1.165, 1.54) is 6.07 Å². The summed E-state index contributed by atoms with van der Waals surface area (Å²) >= 11 is 1.26. The molecule has 6 nitrogen and oxygen atoms in total. The standard InChI is InChI=1S/C17H20N2O4S2/c1-2-3-9-18-14-10-12(17(20)24)11-15(19-25(21)22)16(14)23-13-7-5-4-6-8-13/h4-8,10-11,18-19H,2-3,9H2,1H3,(H,20,24)(H,21,22)/p-1. The van der Waals surface area contributed by atoms with Gasteiger partial charge in [-0.25, -0.2) is 0 Å². The van der Waals surface area contributed by atoms with Crippen LogP contribution in [0.2, 0.25) is 0 Å². The molecule has 25 heavy (non-hydrogen) atoms. The Hall–Kier alpha value is -2.03. The van der Waals surface area contributed by atoms with Crippen LogP contribution >= 0.6 is 12.6 Å². The number of nitrogens with one attached hydrogen (secondary N) is 2.